The van der Waals surface area contributed by atoms with Gasteiger partial charge in [0.05, 0.1) is 5.69 Å². The zero-order valence-electron chi connectivity index (χ0n) is 16.3. The molecule has 0 fully saturated rings. The van der Waals surface area contributed by atoms with Crippen LogP contribution in [-0.4, -0.2) is 28.7 Å². The number of hydrogen-bond acceptors (Lipinski definition) is 6. The van der Waals surface area contributed by atoms with Gasteiger partial charge in [0.2, 0.25) is 5.95 Å². The fourth-order valence-corrected chi connectivity index (χ4v) is 2.93. The largest absolute Gasteiger partial charge is 0.486 e. The predicted molar refractivity (Wildman–Crippen MR) is 112 cm³/mol. The van der Waals surface area contributed by atoms with Gasteiger partial charge in [0.1, 0.15) is 19.0 Å². The van der Waals surface area contributed by atoms with Crippen LogP contribution in [0.1, 0.15) is 20.8 Å². The van der Waals surface area contributed by atoms with Gasteiger partial charge in [0.25, 0.3) is 0 Å². The summed E-state index contributed by atoms with van der Waals surface area (Å²) in [5.41, 5.74) is 2.61. The standard InChI is InChI=1S/C22H24N4O2/c1-22(2,3)26-21-24-17(15-7-5-4-6-8-15)14-20(25-21)23-16-9-10-18-19(13-16)28-12-11-27-18/h4-10,13-14H,11-12H2,1-3H3,(H2,23,24,25,26). The molecule has 1 aliphatic rings. The molecule has 0 saturated heterocycles. The summed E-state index contributed by atoms with van der Waals surface area (Å²) < 4.78 is 11.3. The number of anilines is 3. The Morgan fingerprint density at radius 1 is 0.857 bits per heavy atom. The van der Waals surface area contributed by atoms with E-state index in [1.807, 2.05) is 54.6 Å². The van der Waals surface area contributed by atoms with Crippen molar-refractivity contribution in [3.8, 4) is 22.8 Å². The van der Waals surface area contributed by atoms with E-state index < -0.39 is 0 Å². The molecule has 4 rings (SSSR count). The van der Waals surface area contributed by atoms with E-state index in [9.17, 15) is 0 Å². The first-order valence-electron chi connectivity index (χ1n) is 9.36. The van der Waals surface area contributed by atoms with Crippen LogP contribution in [0.5, 0.6) is 11.5 Å². The summed E-state index contributed by atoms with van der Waals surface area (Å²) in [6, 6.07) is 17.8. The minimum absolute atomic E-state index is 0.149. The maximum Gasteiger partial charge on any atom is 0.225 e. The van der Waals surface area contributed by atoms with Gasteiger partial charge < -0.3 is 20.1 Å². The van der Waals surface area contributed by atoms with E-state index in [2.05, 4.69) is 36.4 Å². The molecule has 2 heterocycles. The van der Waals surface area contributed by atoms with Gasteiger partial charge in [-0.25, -0.2) is 4.98 Å². The van der Waals surface area contributed by atoms with Crippen molar-refractivity contribution >= 4 is 17.5 Å². The van der Waals surface area contributed by atoms with Crippen LogP contribution >= 0.6 is 0 Å². The van der Waals surface area contributed by atoms with E-state index in [1.165, 1.54) is 0 Å². The highest BCUT2D eigenvalue weighted by molar-refractivity contribution is 5.68. The van der Waals surface area contributed by atoms with Gasteiger partial charge in [-0.1, -0.05) is 30.3 Å². The Balaban J connectivity index is 1.68. The molecule has 6 heteroatoms. The van der Waals surface area contributed by atoms with Crippen molar-refractivity contribution in [2.24, 2.45) is 0 Å². The van der Waals surface area contributed by atoms with Crippen molar-refractivity contribution in [3.63, 3.8) is 0 Å². The highest BCUT2D eigenvalue weighted by atomic mass is 16.6. The van der Waals surface area contributed by atoms with Crippen LogP contribution in [0.25, 0.3) is 11.3 Å². The van der Waals surface area contributed by atoms with E-state index in [4.69, 9.17) is 14.5 Å². The summed E-state index contributed by atoms with van der Waals surface area (Å²) in [6.45, 7) is 7.38. The lowest BCUT2D eigenvalue weighted by Gasteiger charge is -2.22. The monoisotopic (exact) mass is 376 g/mol. The Morgan fingerprint density at radius 3 is 2.36 bits per heavy atom. The smallest absolute Gasteiger partial charge is 0.225 e. The lowest BCUT2D eigenvalue weighted by Crippen LogP contribution is -2.27. The second-order valence-electron chi connectivity index (χ2n) is 7.69. The average molecular weight is 376 g/mol. The topological polar surface area (TPSA) is 68.3 Å². The molecule has 2 N–H and O–H groups in total. The summed E-state index contributed by atoms with van der Waals surface area (Å²) in [6.07, 6.45) is 0. The normalized spacial score (nSPS) is 13.1. The molecule has 0 bridgehead atoms. The summed E-state index contributed by atoms with van der Waals surface area (Å²) in [4.78, 5) is 9.34. The Kier molecular flexibility index (Phi) is 4.77. The summed E-state index contributed by atoms with van der Waals surface area (Å²) in [5, 5.41) is 6.72. The van der Waals surface area contributed by atoms with Crippen LogP contribution in [0.2, 0.25) is 0 Å². The Hall–Kier alpha value is -3.28. The summed E-state index contributed by atoms with van der Waals surface area (Å²) in [5.74, 6) is 2.78. The number of nitrogens with zero attached hydrogens (tertiary/aromatic N) is 2. The van der Waals surface area contributed by atoms with Crippen LogP contribution in [0.15, 0.2) is 54.6 Å². The van der Waals surface area contributed by atoms with Gasteiger partial charge in [-0.05, 0) is 32.9 Å². The van der Waals surface area contributed by atoms with Crippen LogP contribution in [0, 0.1) is 0 Å². The van der Waals surface area contributed by atoms with Gasteiger partial charge in [-0.3, -0.25) is 0 Å². The number of aromatic nitrogens is 2. The first-order valence-corrected chi connectivity index (χ1v) is 9.36. The average Bonchev–Trinajstić information content (AvgIpc) is 2.67. The van der Waals surface area contributed by atoms with E-state index in [1.54, 1.807) is 0 Å². The van der Waals surface area contributed by atoms with Crippen molar-refractivity contribution < 1.29 is 9.47 Å². The minimum Gasteiger partial charge on any atom is -0.486 e. The molecule has 0 atom stereocenters. The SMILES string of the molecule is CC(C)(C)Nc1nc(Nc2ccc3c(c2)OCCO3)cc(-c2ccccc2)n1. The number of benzene rings is 2. The first kappa shape index (κ1) is 18.1. The molecule has 28 heavy (non-hydrogen) atoms. The number of hydrogen-bond donors (Lipinski definition) is 2. The molecule has 1 aliphatic heterocycles. The predicted octanol–water partition coefficient (Wildman–Crippen LogP) is 4.87. The van der Waals surface area contributed by atoms with Crippen LogP contribution in [0.3, 0.4) is 0 Å². The number of fused-ring (bicyclic) bond motifs is 1. The Bertz CT molecular complexity index is 968. The molecule has 0 saturated carbocycles. The second-order valence-corrected chi connectivity index (χ2v) is 7.69. The number of rotatable bonds is 4. The van der Waals surface area contributed by atoms with E-state index in [-0.39, 0.29) is 5.54 Å². The lowest BCUT2D eigenvalue weighted by molar-refractivity contribution is 0.171. The second kappa shape index (κ2) is 7.38. The Labute approximate surface area is 164 Å². The Morgan fingerprint density at radius 2 is 1.61 bits per heavy atom. The molecule has 0 amide bonds. The van der Waals surface area contributed by atoms with Gasteiger partial charge in [0.15, 0.2) is 11.5 Å². The summed E-state index contributed by atoms with van der Waals surface area (Å²) >= 11 is 0. The molecule has 144 valence electrons. The first-order chi connectivity index (χ1) is 13.5. The third kappa shape index (κ3) is 4.34. The number of nitrogens with one attached hydrogen (secondary N) is 2. The molecular formula is C22H24N4O2. The van der Waals surface area contributed by atoms with Gasteiger partial charge in [-0.15, -0.1) is 0 Å². The highest BCUT2D eigenvalue weighted by Crippen LogP contribution is 2.34. The fraction of sp³-hybridized carbons (Fsp3) is 0.273. The van der Waals surface area contributed by atoms with Gasteiger partial charge in [0, 0.05) is 28.9 Å². The maximum absolute atomic E-state index is 5.67. The zero-order valence-corrected chi connectivity index (χ0v) is 16.3. The molecular weight excluding hydrogens is 352 g/mol. The van der Waals surface area contributed by atoms with Crippen LogP contribution < -0.4 is 20.1 Å². The van der Waals surface area contributed by atoms with Crippen molar-refractivity contribution in [1.82, 2.24) is 9.97 Å². The third-order valence-corrected chi connectivity index (χ3v) is 4.10. The number of ether oxygens (including phenoxy) is 2. The van der Waals surface area contributed by atoms with E-state index in [0.29, 0.717) is 25.0 Å². The van der Waals surface area contributed by atoms with Crippen molar-refractivity contribution in [2.75, 3.05) is 23.8 Å². The fourth-order valence-electron chi connectivity index (χ4n) is 2.93. The minimum atomic E-state index is -0.149. The molecule has 2 aromatic carbocycles. The highest BCUT2D eigenvalue weighted by Gasteiger charge is 2.15. The summed E-state index contributed by atoms with van der Waals surface area (Å²) in [7, 11) is 0. The van der Waals surface area contributed by atoms with Gasteiger partial charge >= 0.3 is 0 Å². The zero-order chi connectivity index (χ0) is 19.6. The van der Waals surface area contributed by atoms with Crippen molar-refractivity contribution in [2.45, 2.75) is 26.3 Å². The molecule has 0 unspecified atom stereocenters. The molecule has 0 aliphatic carbocycles. The third-order valence-electron chi connectivity index (χ3n) is 4.10. The molecule has 6 nitrogen and oxygen atoms in total. The lowest BCUT2D eigenvalue weighted by atomic mass is 10.1. The van der Waals surface area contributed by atoms with E-state index in [0.717, 1.165) is 28.4 Å². The molecule has 0 spiro atoms. The van der Waals surface area contributed by atoms with Crippen LogP contribution in [-0.2, 0) is 0 Å². The van der Waals surface area contributed by atoms with Crippen molar-refractivity contribution in [3.05, 3.63) is 54.6 Å². The van der Waals surface area contributed by atoms with E-state index >= 15 is 0 Å². The van der Waals surface area contributed by atoms with Gasteiger partial charge in [-0.2, -0.15) is 4.98 Å². The van der Waals surface area contributed by atoms with Crippen LogP contribution in [0.4, 0.5) is 17.5 Å². The quantitative estimate of drug-likeness (QED) is 0.677. The molecule has 3 aromatic rings. The molecule has 0 radical (unpaired) electrons. The van der Waals surface area contributed by atoms with Crippen molar-refractivity contribution in [1.29, 1.82) is 0 Å². The maximum atomic E-state index is 5.67. The molecule has 1 aromatic heterocycles.